The molecule has 0 aromatic heterocycles. The number of carboxylic acids is 1. The first-order valence-electron chi connectivity index (χ1n) is 5.83. The second-order valence-corrected chi connectivity index (χ2v) is 5.37. The number of ether oxygens (including phenoxy) is 1. The van der Waals surface area contributed by atoms with Gasteiger partial charge in [-0.1, -0.05) is 15.9 Å². The van der Waals surface area contributed by atoms with Crippen LogP contribution in [0.2, 0.25) is 0 Å². The number of nitrogens with one attached hydrogen (secondary N) is 1. The van der Waals surface area contributed by atoms with Crippen molar-refractivity contribution in [2.24, 2.45) is 5.92 Å². The van der Waals surface area contributed by atoms with Gasteiger partial charge < -0.3 is 15.2 Å². The van der Waals surface area contributed by atoms with Gasteiger partial charge in [0.25, 0.3) is 0 Å². The summed E-state index contributed by atoms with van der Waals surface area (Å²) in [4.78, 5) is 11.0. The van der Waals surface area contributed by atoms with E-state index in [2.05, 4.69) is 21.2 Å². The molecule has 1 aromatic rings. The third-order valence-corrected chi connectivity index (χ3v) is 4.43. The van der Waals surface area contributed by atoms with E-state index < -0.39 is 5.97 Å². The van der Waals surface area contributed by atoms with Crippen LogP contribution in [0.25, 0.3) is 0 Å². The first-order valence-corrected chi connectivity index (χ1v) is 6.62. The van der Waals surface area contributed by atoms with E-state index in [9.17, 15) is 4.79 Å². The zero-order valence-corrected chi connectivity index (χ0v) is 12.0. The summed E-state index contributed by atoms with van der Waals surface area (Å²) >= 11 is 3.57. The van der Waals surface area contributed by atoms with Gasteiger partial charge in [-0.3, -0.25) is 4.79 Å². The maximum atomic E-state index is 11.0. The Morgan fingerprint density at radius 2 is 2.28 bits per heavy atom. The molecule has 1 aromatic carbocycles. The molecular weight excluding hydrogens is 298 g/mol. The summed E-state index contributed by atoms with van der Waals surface area (Å²) in [6, 6.07) is 3.98. The monoisotopic (exact) mass is 313 g/mol. The Morgan fingerprint density at radius 1 is 1.56 bits per heavy atom. The van der Waals surface area contributed by atoms with Gasteiger partial charge in [-0.2, -0.15) is 0 Å². The lowest BCUT2D eigenvalue weighted by molar-refractivity contribution is -0.141. The van der Waals surface area contributed by atoms with Gasteiger partial charge in [-0.25, -0.2) is 0 Å². The topological polar surface area (TPSA) is 58.6 Å². The van der Waals surface area contributed by atoms with Crippen molar-refractivity contribution >= 4 is 21.9 Å². The minimum absolute atomic E-state index is 0.0641. The summed E-state index contributed by atoms with van der Waals surface area (Å²) in [5.74, 6) is -0.250. The van der Waals surface area contributed by atoms with Crippen LogP contribution >= 0.6 is 15.9 Å². The predicted octanol–water partition coefficient (Wildman–Crippen LogP) is 2.50. The largest absolute Gasteiger partial charge is 0.497 e. The van der Waals surface area contributed by atoms with Crippen LogP contribution in [0.5, 0.6) is 5.75 Å². The molecule has 18 heavy (non-hydrogen) atoms. The fraction of sp³-hybridized carbons (Fsp3) is 0.462. The Morgan fingerprint density at radius 3 is 2.83 bits per heavy atom. The van der Waals surface area contributed by atoms with Crippen molar-refractivity contribution in [2.75, 3.05) is 13.7 Å². The average Bonchev–Trinajstić information content (AvgIpc) is 2.82. The fourth-order valence-electron chi connectivity index (χ4n) is 2.29. The summed E-state index contributed by atoms with van der Waals surface area (Å²) in [5.41, 5.74) is 2.15. The Hall–Kier alpha value is -1.07. The Labute approximate surface area is 114 Å². The number of hydrogen-bond acceptors (Lipinski definition) is 3. The van der Waals surface area contributed by atoms with E-state index in [4.69, 9.17) is 9.84 Å². The van der Waals surface area contributed by atoms with E-state index in [-0.39, 0.29) is 12.0 Å². The Kier molecular flexibility index (Phi) is 3.92. The van der Waals surface area contributed by atoms with E-state index in [1.807, 2.05) is 19.1 Å². The van der Waals surface area contributed by atoms with Crippen molar-refractivity contribution in [3.63, 3.8) is 0 Å². The molecule has 0 radical (unpaired) electrons. The number of methoxy groups -OCH3 is 1. The minimum atomic E-state index is -0.735. The maximum Gasteiger partial charge on any atom is 0.307 e. The first-order chi connectivity index (χ1) is 8.52. The van der Waals surface area contributed by atoms with E-state index in [0.717, 1.165) is 21.3 Å². The Balaban J connectivity index is 2.29. The van der Waals surface area contributed by atoms with Crippen LogP contribution in [0.4, 0.5) is 0 Å². The third kappa shape index (κ3) is 2.52. The molecule has 1 saturated heterocycles. The molecule has 1 heterocycles. The SMILES string of the molecule is COc1cc(C)c(Br)c(C2CC(C(=O)O)CN2)c1. The van der Waals surface area contributed by atoms with Crippen LogP contribution in [0.1, 0.15) is 23.6 Å². The number of benzene rings is 1. The number of aryl methyl sites for hydroxylation is 1. The van der Waals surface area contributed by atoms with E-state index in [1.54, 1.807) is 7.11 Å². The standard InChI is InChI=1S/C13H16BrNO3/c1-7-3-9(18-2)5-10(12(7)14)11-4-8(6-15-11)13(16)17/h3,5,8,11,15H,4,6H2,1-2H3,(H,16,17). The molecule has 2 rings (SSSR count). The zero-order chi connectivity index (χ0) is 13.3. The molecule has 2 atom stereocenters. The highest BCUT2D eigenvalue weighted by molar-refractivity contribution is 9.10. The molecule has 4 nitrogen and oxygen atoms in total. The fourth-order valence-corrected chi connectivity index (χ4v) is 2.80. The molecule has 98 valence electrons. The van der Waals surface area contributed by atoms with Crippen molar-refractivity contribution in [1.29, 1.82) is 0 Å². The third-order valence-electron chi connectivity index (χ3n) is 3.35. The normalized spacial score (nSPS) is 23.1. The molecule has 0 amide bonds. The maximum absolute atomic E-state index is 11.0. The van der Waals surface area contributed by atoms with Gasteiger partial charge in [0.2, 0.25) is 0 Å². The van der Waals surface area contributed by atoms with Crippen LogP contribution in [0, 0.1) is 12.8 Å². The molecule has 5 heteroatoms. The molecule has 2 unspecified atom stereocenters. The lowest BCUT2D eigenvalue weighted by Crippen LogP contribution is -2.17. The van der Waals surface area contributed by atoms with Crippen molar-refractivity contribution in [1.82, 2.24) is 5.32 Å². The number of rotatable bonds is 3. The average molecular weight is 314 g/mol. The van der Waals surface area contributed by atoms with Gasteiger partial charge in [0, 0.05) is 17.1 Å². The molecule has 1 aliphatic rings. The summed E-state index contributed by atoms with van der Waals surface area (Å²) in [7, 11) is 1.63. The van der Waals surface area contributed by atoms with Gasteiger partial charge in [0.15, 0.2) is 0 Å². The van der Waals surface area contributed by atoms with Crippen molar-refractivity contribution in [2.45, 2.75) is 19.4 Å². The van der Waals surface area contributed by atoms with Crippen LogP contribution in [-0.2, 0) is 4.79 Å². The lowest BCUT2D eigenvalue weighted by Gasteiger charge is -2.16. The number of aliphatic carboxylic acids is 1. The Bertz CT molecular complexity index is 476. The van der Waals surface area contributed by atoms with E-state index in [1.165, 1.54) is 0 Å². The van der Waals surface area contributed by atoms with Crippen molar-refractivity contribution in [3.8, 4) is 5.75 Å². The lowest BCUT2D eigenvalue weighted by atomic mass is 9.98. The molecule has 0 spiro atoms. The molecule has 2 N–H and O–H groups in total. The van der Waals surface area contributed by atoms with Crippen molar-refractivity contribution < 1.29 is 14.6 Å². The van der Waals surface area contributed by atoms with Gasteiger partial charge in [0.05, 0.1) is 13.0 Å². The summed E-state index contributed by atoms with van der Waals surface area (Å²) in [6.45, 7) is 2.52. The van der Waals surface area contributed by atoms with Crippen LogP contribution in [-0.4, -0.2) is 24.7 Å². The first kappa shape index (κ1) is 13.4. The van der Waals surface area contributed by atoms with Gasteiger partial charge in [-0.05, 0) is 36.6 Å². The van der Waals surface area contributed by atoms with Crippen LogP contribution in [0.15, 0.2) is 16.6 Å². The van der Waals surface area contributed by atoms with E-state index >= 15 is 0 Å². The molecule has 0 aliphatic carbocycles. The second kappa shape index (κ2) is 5.28. The van der Waals surface area contributed by atoms with Crippen molar-refractivity contribution in [3.05, 3.63) is 27.7 Å². The molecule has 0 bridgehead atoms. The quantitative estimate of drug-likeness (QED) is 0.900. The number of hydrogen-bond donors (Lipinski definition) is 2. The van der Waals surface area contributed by atoms with Crippen LogP contribution < -0.4 is 10.1 Å². The molecule has 1 aliphatic heterocycles. The zero-order valence-electron chi connectivity index (χ0n) is 10.4. The summed E-state index contributed by atoms with van der Waals surface area (Å²) in [6.07, 6.45) is 0.612. The smallest absolute Gasteiger partial charge is 0.307 e. The highest BCUT2D eigenvalue weighted by Gasteiger charge is 2.31. The molecule has 0 saturated carbocycles. The highest BCUT2D eigenvalue weighted by atomic mass is 79.9. The van der Waals surface area contributed by atoms with E-state index in [0.29, 0.717) is 13.0 Å². The number of halogens is 1. The minimum Gasteiger partial charge on any atom is -0.497 e. The van der Waals surface area contributed by atoms with Crippen LogP contribution in [0.3, 0.4) is 0 Å². The number of carboxylic acid groups (broad SMARTS) is 1. The number of carbonyl (C=O) groups is 1. The second-order valence-electron chi connectivity index (χ2n) is 4.58. The van der Waals surface area contributed by atoms with Gasteiger partial charge >= 0.3 is 5.97 Å². The highest BCUT2D eigenvalue weighted by Crippen LogP contribution is 2.36. The molecular formula is C13H16BrNO3. The summed E-state index contributed by atoms with van der Waals surface area (Å²) in [5, 5.41) is 12.3. The summed E-state index contributed by atoms with van der Waals surface area (Å²) < 4.78 is 6.28. The van der Waals surface area contributed by atoms with Gasteiger partial charge in [-0.15, -0.1) is 0 Å². The predicted molar refractivity (Wildman–Crippen MR) is 71.9 cm³/mol. The van der Waals surface area contributed by atoms with Gasteiger partial charge in [0.1, 0.15) is 5.75 Å². The molecule has 1 fully saturated rings.